The van der Waals surface area contributed by atoms with Crippen molar-refractivity contribution < 1.29 is 35.8 Å². The molecule has 0 spiro atoms. The summed E-state index contributed by atoms with van der Waals surface area (Å²) in [6.07, 6.45) is -9.76. The molecule has 0 saturated carbocycles. The number of hydrogen-bond donors (Lipinski definition) is 0. The Morgan fingerprint density at radius 3 is 2.39 bits per heavy atom. The lowest BCUT2D eigenvalue weighted by Crippen LogP contribution is -2.31. The first-order valence-electron chi connectivity index (χ1n) is 9.02. The summed E-state index contributed by atoms with van der Waals surface area (Å²) in [5, 5.41) is 11.0. The molecule has 3 rings (SSSR count). The van der Waals surface area contributed by atoms with Crippen molar-refractivity contribution in [1.82, 2.24) is 24.8 Å². The van der Waals surface area contributed by atoms with Crippen LogP contribution in [0.3, 0.4) is 0 Å². The van der Waals surface area contributed by atoms with Gasteiger partial charge in [0.15, 0.2) is 17.6 Å². The Labute approximate surface area is 172 Å². The summed E-state index contributed by atoms with van der Waals surface area (Å²) in [4.78, 5) is 3.55. The molecule has 0 amide bonds. The molecule has 0 radical (unpaired) electrons. The molecule has 0 saturated heterocycles. The second-order valence-corrected chi connectivity index (χ2v) is 7.05. The maximum Gasteiger partial charge on any atom is 0.425 e. The minimum absolute atomic E-state index is 0.00460. The predicted octanol–water partition coefficient (Wildman–Crippen LogP) is 4.38. The van der Waals surface area contributed by atoms with E-state index < -0.39 is 35.9 Å². The van der Waals surface area contributed by atoms with E-state index in [0.29, 0.717) is 6.92 Å². The van der Waals surface area contributed by atoms with Crippen molar-refractivity contribution in [3.8, 4) is 17.1 Å². The second-order valence-electron chi connectivity index (χ2n) is 7.05. The molecular weight excluding hydrogens is 432 g/mol. The molecule has 0 aliphatic heterocycles. The highest BCUT2D eigenvalue weighted by molar-refractivity contribution is 5.59. The topological polar surface area (TPSA) is 74.4 Å². The number of rotatable bonds is 7. The van der Waals surface area contributed by atoms with E-state index in [-0.39, 0.29) is 29.4 Å². The largest absolute Gasteiger partial charge is 0.463 e. The molecule has 0 N–H and O–H groups in total. The first-order chi connectivity index (χ1) is 14.4. The van der Waals surface area contributed by atoms with Gasteiger partial charge in [-0.2, -0.15) is 31.6 Å². The van der Waals surface area contributed by atoms with Crippen LogP contribution in [-0.2, 0) is 10.8 Å². The molecule has 3 heterocycles. The molecule has 31 heavy (non-hydrogen) atoms. The minimum atomic E-state index is -4.70. The predicted molar refractivity (Wildman–Crippen MR) is 94.8 cm³/mol. The van der Waals surface area contributed by atoms with Crippen molar-refractivity contribution in [3.63, 3.8) is 0 Å². The Kier molecular flexibility index (Phi) is 6.07. The van der Waals surface area contributed by atoms with Gasteiger partial charge in [-0.3, -0.25) is 0 Å². The van der Waals surface area contributed by atoms with Gasteiger partial charge in [-0.15, -0.1) is 10.2 Å². The van der Waals surface area contributed by atoms with Gasteiger partial charge in [-0.25, -0.2) is 9.37 Å². The van der Waals surface area contributed by atoms with E-state index in [1.807, 2.05) is 0 Å². The second kappa shape index (κ2) is 8.29. The number of hydrogen-bond acceptors (Lipinski definition) is 6. The fourth-order valence-electron chi connectivity index (χ4n) is 2.35. The summed E-state index contributed by atoms with van der Waals surface area (Å²) in [6.45, 7) is 3.85. The fraction of sp³-hybridized carbons (Fsp3) is 0.444. The van der Waals surface area contributed by atoms with Crippen LogP contribution in [0.25, 0.3) is 16.9 Å². The normalized spacial score (nSPS) is 13.7. The van der Waals surface area contributed by atoms with Crippen molar-refractivity contribution in [1.29, 1.82) is 0 Å². The Bertz CT molecular complexity index is 1070. The van der Waals surface area contributed by atoms with Crippen LogP contribution in [-0.4, -0.2) is 43.7 Å². The molecule has 0 fully saturated rings. The third-order valence-corrected chi connectivity index (χ3v) is 3.97. The number of pyridine rings is 1. The summed E-state index contributed by atoms with van der Waals surface area (Å²) in [6, 6.07) is 3.48. The Morgan fingerprint density at radius 2 is 1.77 bits per heavy atom. The van der Waals surface area contributed by atoms with Gasteiger partial charge in [0.05, 0.1) is 12.3 Å². The number of halogens is 6. The van der Waals surface area contributed by atoms with Crippen molar-refractivity contribution in [2.75, 3.05) is 6.61 Å². The molecule has 0 bridgehead atoms. The van der Waals surface area contributed by atoms with E-state index in [9.17, 15) is 26.3 Å². The van der Waals surface area contributed by atoms with Gasteiger partial charge >= 0.3 is 12.3 Å². The molecule has 1 atom stereocenters. The molecule has 0 aromatic carbocycles. The maximum absolute atomic E-state index is 14.4. The zero-order valence-electron chi connectivity index (χ0n) is 16.5. The Hall–Kier alpha value is -2.96. The molecule has 0 aliphatic carbocycles. The van der Waals surface area contributed by atoms with Crippen LogP contribution in [0.5, 0.6) is 5.88 Å². The van der Waals surface area contributed by atoms with Gasteiger partial charge in [0.2, 0.25) is 0 Å². The summed E-state index contributed by atoms with van der Waals surface area (Å²) in [7, 11) is 0. The van der Waals surface area contributed by atoms with Crippen LogP contribution < -0.4 is 4.74 Å². The van der Waals surface area contributed by atoms with Crippen LogP contribution >= 0.6 is 0 Å². The van der Waals surface area contributed by atoms with Gasteiger partial charge in [0.25, 0.3) is 11.7 Å². The van der Waals surface area contributed by atoms with Gasteiger partial charge in [0.1, 0.15) is 0 Å². The highest BCUT2D eigenvalue weighted by Gasteiger charge is 2.40. The van der Waals surface area contributed by atoms with Crippen LogP contribution in [0, 0.1) is 11.7 Å². The van der Waals surface area contributed by atoms with Crippen LogP contribution in [0.15, 0.2) is 24.4 Å². The Balaban J connectivity index is 1.92. The maximum atomic E-state index is 14.4. The minimum Gasteiger partial charge on any atom is -0.463 e. The Morgan fingerprint density at radius 1 is 1.06 bits per heavy atom. The quantitative estimate of drug-likeness (QED) is 0.499. The van der Waals surface area contributed by atoms with E-state index in [0.717, 1.165) is 16.8 Å². The average molecular weight is 449 g/mol. The molecule has 7 nitrogen and oxygen atoms in total. The summed E-state index contributed by atoms with van der Waals surface area (Å²) >= 11 is 0. The average Bonchev–Trinajstić information content (AvgIpc) is 3.11. The molecule has 0 aliphatic rings. The number of nitrogens with zero attached hydrogens (tertiary/aromatic N) is 5. The first-order valence-corrected chi connectivity index (χ1v) is 9.02. The number of ether oxygens (including phenoxy) is 2. The van der Waals surface area contributed by atoms with Crippen LogP contribution in [0.2, 0.25) is 0 Å². The van der Waals surface area contributed by atoms with E-state index in [1.165, 1.54) is 12.1 Å². The van der Waals surface area contributed by atoms with Crippen molar-refractivity contribution >= 4 is 5.65 Å². The molecular formula is C18H17F6N5O2. The van der Waals surface area contributed by atoms with Gasteiger partial charge in [0, 0.05) is 11.8 Å². The van der Waals surface area contributed by atoms with Gasteiger partial charge in [-0.1, -0.05) is 13.8 Å². The van der Waals surface area contributed by atoms with E-state index in [1.54, 1.807) is 13.8 Å². The lowest BCUT2D eigenvalue weighted by atomic mass is 10.2. The highest BCUT2D eigenvalue weighted by Crippen LogP contribution is 2.30. The number of fused-ring (bicyclic) bond motifs is 1. The van der Waals surface area contributed by atoms with Crippen LogP contribution in [0.1, 0.15) is 26.6 Å². The first kappa shape index (κ1) is 22.7. The number of aromatic nitrogens is 5. The smallest absolute Gasteiger partial charge is 0.425 e. The molecule has 13 heteroatoms. The highest BCUT2D eigenvalue weighted by atomic mass is 19.4. The summed E-state index contributed by atoms with van der Waals surface area (Å²) in [5.74, 6) is -3.07. The third kappa shape index (κ3) is 5.03. The summed E-state index contributed by atoms with van der Waals surface area (Å²) < 4.78 is 90.6. The van der Waals surface area contributed by atoms with Gasteiger partial charge < -0.3 is 9.47 Å². The fourth-order valence-corrected chi connectivity index (χ4v) is 2.35. The van der Waals surface area contributed by atoms with Crippen molar-refractivity contribution in [2.24, 2.45) is 5.92 Å². The molecule has 3 aromatic rings. The van der Waals surface area contributed by atoms with E-state index in [4.69, 9.17) is 0 Å². The number of alkyl halides is 5. The lowest BCUT2D eigenvalue weighted by Gasteiger charge is -2.17. The monoisotopic (exact) mass is 449 g/mol. The lowest BCUT2D eigenvalue weighted by molar-refractivity contribution is -0.259. The zero-order chi connectivity index (χ0) is 23.0. The van der Waals surface area contributed by atoms with E-state index in [2.05, 4.69) is 29.8 Å². The molecule has 3 aromatic heterocycles. The van der Waals surface area contributed by atoms with Gasteiger partial charge in [-0.05, 0) is 31.0 Å². The van der Waals surface area contributed by atoms with Crippen LogP contribution in [0.4, 0.5) is 26.3 Å². The zero-order valence-corrected chi connectivity index (χ0v) is 16.5. The SMILES string of the molecule is CC(C)COC(F)(F)c1nnc2ccc(-c3cnc(O[C@@H](C)C(F)(F)F)c(F)c3)nn12. The molecule has 168 valence electrons. The molecule has 0 unspecified atom stereocenters. The van der Waals surface area contributed by atoms with E-state index >= 15 is 0 Å². The van der Waals surface area contributed by atoms with Crippen molar-refractivity contribution in [2.45, 2.75) is 39.2 Å². The standard InChI is InChI=1S/C18H17F6N5O2/c1-9(2)8-30-18(23,24)16-27-26-14-5-4-13(28-29(14)16)11-6-12(19)15(25-7-11)31-10(3)17(20,21)22/h4-7,9-10H,8H2,1-3H3/t10-/m0/s1. The third-order valence-electron chi connectivity index (χ3n) is 3.97. The van der Waals surface area contributed by atoms with Crippen molar-refractivity contribution in [3.05, 3.63) is 36.0 Å². The summed E-state index contributed by atoms with van der Waals surface area (Å²) in [5.41, 5.74) is -0.00790.